The Morgan fingerprint density at radius 1 is 0.905 bits per heavy atom. The van der Waals surface area contributed by atoms with Gasteiger partial charge in [-0.15, -0.1) is 0 Å². The van der Waals surface area contributed by atoms with Gasteiger partial charge in [-0.05, 0) is 6.42 Å². The molecule has 21 heavy (non-hydrogen) atoms. The maximum Gasteiger partial charge on any atom is 1.00 e. The van der Waals surface area contributed by atoms with E-state index in [9.17, 15) is 4.79 Å². The van der Waals surface area contributed by atoms with E-state index in [2.05, 4.69) is 6.92 Å². The van der Waals surface area contributed by atoms with Crippen molar-refractivity contribution in [2.24, 2.45) is 0 Å². The zero-order valence-corrected chi connectivity index (χ0v) is 18.4. The maximum atomic E-state index is 10.2. The Morgan fingerprint density at radius 2 is 1.19 bits per heavy atom. The molecule has 0 atom stereocenters. The van der Waals surface area contributed by atoms with E-state index in [1.165, 1.54) is 44.9 Å². The average molecular weight is 342 g/mol. The summed E-state index contributed by atoms with van der Waals surface area (Å²) in [6, 6.07) is 0. The summed E-state index contributed by atoms with van der Waals surface area (Å²) in [5.74, 6) is -0.659. The Balaban J connectivity index is -0.000000179. The fourth-order valence-corrected chi connectivity index (χ4v) is 1.59. The molecule has 0 unspecified atom stereocenters. The number of hydrogen-bond donors (Lipinski definition) is 2. The van der Waals surface area contributed by atoms with Crippen molar-refractivity contribution in [3.05, 3.63) is 0 Å². The van der Waals surface area contributed by atoms with Gasteiger partial charge in [0.1, 0.15) is 0 Å². The van der Waals surface area contributed by atoms with Gasteiger partial charge in [0.2, 0.25) is 0 Å². The normalized spacial score (nSPS) is 9.71. The molecule has 0 aliphatic heterocycles. The fraction of sp³-hybridized carbons (Fsp3) is 0.917. The monoisotopic (exact) mass is 342 g/mol. The third-order valence-corrected chi connectivity index (χ3v) is 2.49. The second kappa shape index (κ2) is 21.6. The van der Waals surface area contributed by atoms with Crippen molar-refractivity contribution in [2.45, 2.75) is 71.1 Å². The van der Waals surface area contributed by atoms with E-state index < -0.39 is 13.8 Å². The van der Waals surface area contributed by atoms with Crippen molar-refractivity contribution in [3.63, 3.8) is 0 Å². The first kappa shape index (κ1) is 30.5. The first-order chi connectivity index (χ1) is 8.77. The average Bonchev–Trinajstić information content (AvgIpc) is 2.24. The largest absolute Gasteiger partial charge is 1.00 e. The van der Waals surface area contributed by atoms with Gasteiger partial charge in [-0.1, -0.05) is 58.3 Å². The number of hydrogen-bond acceptors (Lipinski definition) is 4. The number of carbonyl (C=O) groups is 1. The van der Waals surface area contributed by atoms with E-state index in [-0.39, 0.29) is 59.1 Å². The molecule has 0 aliphatic rings. The number of unbranched alkanes of at least 4 members (excludes halogenated alkanes) is 8. The number of phosphoric acid groups is 1. The van der Waals surface area contributed by atoms with Crippen LogP contribution in [0.2, 0.25) is 0 Å². The van der Waals surface area contributed by atoms with Crippen molar-refractivity contribution < 1.29 is 88.3 Å². The van der Waals surface area contributed by atoms with Crippen LogP contribution in [0.5, 0.6) is 0 Å². The second-order valence-corrected chi connectivity index (χ2v) is 5.38. The third-order valence-electron chi connectivity index (χ3n) is 2.49. The molecule has 0 aromatic carbocycles. The van der Waals surface area contributed by atoms with Crippen molar-refractivity contribution in [2.75, 3.05) is 0 Å². The summed E-state index contributed by atoms with van der Waals surface area (Å²) in [6.07, 6.45) is 11.5. The predicted molar refractivity (Wildman–Crippen MR) is 69.3 cm³/mol. The zero-order valence-electron chi connectivity index (χ0n) is 13.5. The molecule has 0 aromatic rings. The Kier molecular flexibility index (Phi) is 31.3. The Labute approximate surface area is 171 Å². The first-order valence-corrected chi connectivity index (χ1v) is 8.23. The van der Waals surface area contributed by atoms with Gasteiger partial charge < -0.3 is 24.4 Å². The van der Waals surface area contributed by atoms with E-state index >= 15 is 0 Å². The van der Waals surface area contributed by atoms with Crippen molar-refractivity contribution in [1.29, 1.82) is 0 Å². The van der Waals surface area contributed by atoms with Crippen LogP contribution in [0.4, 0.5) is 0 Å². The van der Waals surface area contributed by atoms with Crippen LogP contribution in [0, 0.1) is 0 Å². The summed E-state index contributed by atoms with van der Waals surface area (Å²) >= 11 is 0. The molecular weight excluding hydrogens is 317 g/mol. The van der Waals surface area contributed by atoms with Crippen LogP contribution in [0.15, 0.2) is 0 Å². The first-order valence-electron chi connectivity index (χ1n) is 6.74. The minimum atomic E-state index is -5.14. The van der Waals surface area contributed by atoms with E-state index in [1.807, 2.05) is 0 Å². The molecule has 0 aromatic heterocycles. The van der Waals surface area contributed by atoms with Gasteiger partial charge in [-0.25, -0.2) is 0 Å². The van der Waals surface area contributed by atoms with E-state index in [0.29, 0.717) is 6.42 Å². The molecule has 2 N–H and O–H groups in total. The number of aliphatic carboxylic acids is 1. The van der Waals surface area contributed by atoms with Gasteiger partial charge >= 0.3 is 65.1 Å². The van der Waals surface area contributed by atoms with Crippen molar-refractivity contribution >= 4 is 13.8 Å². The van der Waals surface area contributed by atoms with Crippen LogP contribution >= 0.6 is 7.82 Å². The van der Waals surface area contributed by atoms with Crippen LogP contribution < -0.4 is 68.9 Å². The van der Waals surface area contributed by atoms with Crippen LogP contribution in [0.1, 0.15) is 71.1 Å². The van der Waals surface area contributed by atoms with Gasteiger partial charge in [-0.2, -0.15) is 0 Å². The molecule has 0 bridgehead atoms. The Bertz CT molecular complexity index is 252. The summed E-state index contributed by atoms with van der Waals surface area (Å²) < 4.78 is 8.66. The maximum absolute atomic E-state index is 10.2. The van der Waals surface area contributed by atoms with E-state index in [1.54, 1.807) is 0 Å². The van der Waals surface area contributed by atoms with Gasteiger partial charge in [0, 0.05) is 6.42 Å². The van der Waals surface area contributed by atoms with E-state index in [4.69, 9.17) is 24.4 Å². The molecule has 9 heteroatoms. The number of carboxylic acid groups (broad SMARTS) is 1. The number of rotatable bonds is 10. The minimum absolute atomic E-state index is 0. The molecule has 0 fully saturated rings. The SMILES string of the molecule is CCCCCCCCCCCC(=O)O.O=P([O-])([O-])O.[Na+].[Na+]. The molecule has 6 nitrogen and oxygen atoms in total. The molecule has 0 aliphatic carbocycles. The molecule has 0 rings (SSSR count). The van der Waals surface area contributed by atoms with Crippen LogP contribution in [0.25, 0.3) is 0 Å². The van der Waals surface area contributed by atoms with Crippen LogP contribution in [-0.2, 0) is 9.36 Å². The van der Waals surface area contributed by atoms with Crippen molar-refractivity contribution in [3.8, 4) is 0 Å². The number of carboxylic acids is 1. The Morgan fingerprint density at radius 3 is 1.48 bits per heavy atom. The molecule has 0 spiro atoms. The summed E-state index contributed by atoms with van der Waals surface area (Å²) in [4.78, 5) is 34.5. The fourth-order valence-electron chi connectivity index (χ4n) is 1.59. The summed E-state index contributed by atoms with van der Waals surface area (Å²) in [6.45, 7) is 2.23. The minimum Gasteiger partial charge on any atom is -0.790 e. The summed E-state index contributed by atoms with van der Waals surface area (Å²) in [7, 11) is -5.14. The molecule has 0 saturated heterocycles. The van der Waals surface area contributed by atoms with Gasteiger partial charge in [-0.3, -0.25) is 4.79 Å². The molecule has 0 saturated carbocycles. The molecular formula is C12H25Na2O6P. The molecule has 0 radical (unpaired) electrons. The molecule has 116 valence electrons. The van der Waals surface area contributed by atoms with Crippen LogP contribution in [0.3, 0.4) is 0 Å². The van der Waals surface area contributed by atoms with Crippen molar-refractivity contribution in [1.82, 2.24) is 0 Å². The Hall–Kier alpha value is 1.58. The van der Waals surface area contributed by atoms with Gasteiger partial charge in [0.25, 0.3) is 0 Å². The van der Waals surface area contributed by atoms with Crippen LogP contribution in [-0.4, -0.2) is 16.0 Å². The second-order valence-electron chi connectivity index (χ2n) is 4.44. The molecule has 0 amide bonds. The van der Waals surface area contributed by atoms with Gasteiger partial charge in [0.15, 0.2) is 0 Å². The smallest absolute Gasteiger partial charge is 0.790 e. The predicted octanol–water partition coefficient (Wildman–Crippen LogP) is -4.19. The topological polar surface area (TPSA) is 121 Å². The quantitative estimate of drug-likeness (QED) is 0.236. The zero-order chi connectivity index (χ0) is 15.1. The van der Waals surface area contributed by atoms with Gasteiger partial charge in [0.05, 0.1) is 7.82 Å². The summed E-state index contributed by atoms with van der Waals surface area (Å²) in [5.41, 5.74) is 0. The van der Waals surface area contributed by atoms with E-state index in [0.717, 1.165) is 12.8 Å². The summed E-state index contributed by atoms with van der Waals surface area (Å²) in [5, 5.41) is 8.41. The third kappa shape index (κ3) is 52.3. The molecule has 0 heterocycles. The standard InChI is InChI=1S/C12H24O2.2Na.H3O4P/c1-2-3-4-5-6-7-8-9-10-11-12(13)14;;;1-5(2,3)4/h2-11H2,1H3,(H,13,14);;;(H3,1,2,3,4)/q;2*+1;/p-2.